The van der Waals surface area contributed by atoms with Gasteiger partial charge in [-0.1, -0.05) is 12.1 Å². The average Bonchev–Trinajstić information content (AvgIpc) is 2.75. The molecule has 90 valence electrons. The van der Waals surface area contributed by atoms with E-state index in [4.69, 9.17) is 4.74 Å². The van der Waals surface area contributed by atoms with Crippen molar-refractivity contribution in [3.8, 4) is 5.75 Å². The second kappa shape index (κ2) is 5.01. The van der Waals surface area contributed by atoms with E-state index in [0.717, 1.165) is 11.3 Å². The Morgan fingerprint density at radius 2 is 2.29 bits per heavy atom. The Bertz CT molecular complexity index is 494. The van der Waals surface area contributed by atoms with Crippen molar-refractivity contribution < 1.29 is 9.84 Å². The maximum Gasteiger partial charge on any atom is 0.142 e. The van der Waals surface area contributed by atoms with E-state index in [1.807, 2.05) is 44.4 Å². The molecule has 0 saturated carbocycles. The molecule has 1 atom stereocenters. The Morgan fingerprint density at radius 3 is 2.94 bits per heavy atom. The maximum atomic E-state index is 10.2. The molecule has 0 aliphatic carbocycles. The molecule has 4 nitrogen and oxygen atoms in total. The van der Waals surface area contributed by atoms with E-state index in [9.17, 15) is 5.11 Å². The Balaban J connectivity index is 2.28. The van der Waals surface area contributed by atoms with Crippen LogP contribution in [0.1, 0.15) is 24.4 Å². The summed E-state index contributed by atoms with van der Waals surface area (Å²) in [5.74, 6) is 1.39. The van der Waals surface area contributed by atoms with Crippen molar-refractivity contribution in [1.82, 2.24) is 9.55 Å². The van der Waals surface area contributed by atoms with Crippen LogP contribution in [0.2, 0.25) is 0 Å². The summed E-state index contributed by atoms with van der Waals surface area (Å²) in [6.45, 7) is 2.55. The first-order valence-electron chi connectivity index (χ1n) is 5.60. The van der Waals surface area contributed by atoms with Gasteiger partial charge in [0.05, 0.1) is 6.61 Å². The molecule has 17 heavy (non-hydrogen) atoms. The van der Waals surface area contributed by atoms with Crippen LogP contribution in [0.3, 0.4) is 0 Å². The van der Waals surface area contributed by atoms with Crippen molar-refractivity contribution in [3.05, 3.63) is 48.0 Å². The zero-order valence-electron chi connectivity index (χ0n) is 10.00. The minimum absolute atomic E-state index is 0.613. The predicted octanol–water partition coefficient (Wildman–Crippen LogP) is 1.90. The molecule has 0 spiro atoms. The number of hydrogen-bond acceptors (Lipinski definition) is 3. The van der Waals surface area contributed by atoms with Gasteiger partial charge in [-0.15, -0.1) is 0 Å². The third kappa shape index (κ3) is 2.47. The minimum Gasteiger partial charge on any atom is -0.494 e. The van der Waals surface area contributed by atoms with Gasteiger partial charge in [0, 0.05) is 19.4 Å². The fourth-order valence-corrected chi connectivity index (χ4v) is 1.73. The number of hydrogen-bond donors (Lipinski definition) is 1. The third-order valence-corrected chi connectivity index (χ3v) is 2.59. The summed E-state index contributed by atoms with van der Waals surface area (Å²) in [6.07, 6.45) is 2.76. The number of aliphatic hydroxyl groups is 1. The topological polar surface area (TPSA) is 47.3 Å². The van der Waals surface area contributed by atoms with Gasteiger partial charge < -0.3 is 14.4 Å². The number of imidazole rings is 1. The van der Waals surface area contributed by atoms with Gasteiger partial charge in [-0.25, -0.2) is 4.98 Å². The molecule has 1 aromatic carbocycles. The Hall–Kier alpha value is -1.81. The molecule has 0 amide bonds. The standard InChI is InChI=1S/C13H16N2O2/c1-3-17-11-6-4-5-10(9-11)12(16)13-14-7-8-15(13)2/h4-9,12,16H,3H2,1-2H3. The van der Waals surface area contributed by atoms with Crippen molar-refractivity contribution in [3.63, 3.8) is 0 Å². The SMILES string of the molecule is CCOc1cccc(C(O)c2nccn2C)c1. The number of ether oxygens (including phenoxy) is 1. The highest BCUT2D eigenvalue weighted by molar-refractivity contribution is 5.32. The number of benzene rings is 1. The fourth-order valence-electron chi connectivity index (χ4n) is 1.73. The van der Waals surface area contributed by atoms with Crippen molar-refractivity contribution in [2.45, 2.75) is 13.0 Å². The molecule has 1 N–H and O–H groups in total. The minimum atomic E-state index is -0.726. The summed E-state index contributed by atoms with van der Waals surface area (Å²) in [5.41, 5.74) is 0.783. The number of aryl methyl sites for hydroxylation is 1. The van der Waals surface area contributed by atoms with Crippen molar-refractivity contribution in [2.24, 2.45) is 7.05 Å². The second-order valence-corrected chi connectivity index (χ2v) is 3.80. The van der Waals surface area contributed by atoms with Gasteiger partial charge in [0.15, 0.2) is 0 Å². The zero-order chi connectivity index (χ0) is 12.3. The molecule has 4 heteroatoms. The first-order valence-corrected chi connectivity index (χ1v) is 5.60. The molecule has 2 rings (SSSR count). The Labute approximate surface area is 100 Å². The van der Waals surface area contributed by atoms with Crippen LogP contribution < -0.4 is 4.74 Å². The van der Waals surface area contributed by atoms with Gasteiger partial charge >= 0.3 is 0 Å². The molecule has 0 bridgehead atoms. The highest BCUT2D eigenvalue weighted by Gasteiger charge is 2.15. The monoisotopic (exact) mass is 232 g/mol. The van der Waals surface area contributed by atoms with Crippen molar-refractivity contribution >= 4 is 0 Å². The lowest BCUT2D eigenvalue weighted by atomic mass is 10.1. The van der Waals surface area contributed by atoms with Gasteiger partial charge in [-0.3, -0.25) is 0 Å². The number of aliphatic hydroxyl groups excluding tert-OH is 1. The van der Waals surface area contributed by atoms with Crippen molar-refractivity contribution in [1.29, 1.82) is 0 Å². The zero-order valence-corrected chi connectivity index (χ0v) is 10.00. The first-order chi connectivity index (χ1) is 8.22. The van der Waals surface area contributed by atoms with E-state index in [1.54, 1.807) is 10.8 Å². The summed E-state index contributed by atoms with van der Waals surface area (Å²) < 4.78 is 7.21. The second-order valence-electron chi connectivity index (χ2n) is 3.80. The van der Waals surface area contributed by atoms with E-state index >= 15 is 0 Å². The Kier molecular flexibility index (Phi) is 3.44. The van der Waals surface area contributed by atoms with Crippen LogP contribution >= 0.6 is 0 Å². The average molecular weight is 232 g/mol. The first kappa shape index (κ1) is 11.7. The normalized spacial score (nSPS) is 12.4. The van der Waals surface area contributed by atoms with Crippen LogP contribution in [0.5, 0.6) is 5.75 Å². The molecule has 0 saturated heterocycles. The summed E-state index contributed by atoms with van der Waals surface area (Å²) in [6, 6.07) is 7.44. The molecule has 0 aliphatic rings. The lowest BCUT2D eigenvalue weighted by Crippen LogP contribution is -2.07. The van der Waals surface area contributed by atoms with Crippen LogP contribution in [-0.4, -0.2) is 21.3 Å². The molecule has 1 aromatic heterocycles. The van der Waals surface area contributed by atoms with E-state index in [2.05, 4.69) is 4.98 Å². The van der Waals surface area contributed by atoms with Gasteiger partial charge in [0.1, 0.15) is 17.7 Å². The number of rotatable bonds is 4. The van der Waals surface area contributed by atoms with Crippen LogP contribution in [0.4, 0.5) is 0 Å². The lowest BCUT2D eigenvalue weighted by molar-refractivity contribution is 0.205. The maximum absolute atomic E-state index is 10.2. The van der Waals surface area contributed by atoms with E-state index in [1.165, 1.54) is 0 Å². The van der Waals surface area contributed by atoms with Gasteiger partial charge in [0.25, 0.3) is 0 Å². The molecular formula is C13H16N2O2. The summed E-state index contributed by atoms with van der Waals surface area (Å²) in [5, 5.41) is 10.2. The van der Waals surface area contributed by atoms with Gasteiger partial charge in [0.2, 0.25) is 0 Å². The Morgan fingerprint density at radius 1 is 1.47 bits per heavy atom. The summed E-state index contributed by atoms with van der Waals surface area (Å²) in [4.78, 5) is 4.14. The summed E-state index contributed by atoms with van der Waals surface area (Å²) >= 11 is 0. The number of nitrogens with zero attached hydrogens (tertiary/aromatic N) is 2. The van der Waals surface area contributed by atoms with Crippen LogP contribution in [0, 0.1) is 0 Å². The third-order valence-electron chi connectivity index (χ3n) is 2.59. The van der Waals surface area contributed by atoms with Gasteiger partial charge in [-0.05, 0) is 24.6 Å². The van der Waals surface area contributed by atoms with Crippen molar-refractivity contribution in [2.75, 3.05) is 6.61 Å². The molecule has 0 radical (unpaired) electrons. The van der Waals surface area contributed by atoms with E-state index in [0.29, 0.717) is 12.4 Å². The largest absolute Gasteiger partial charge is 0.494 e. The smallest absolute Gasteiger partial charge is 0.142 e. The molecule has 1 unspecified atom stereocenters. The van der Waals surface area contributed by atoms with E-state index in [-0.39, 0.29) is 0 Å². The quantitative estimate of drug-likeness (QED) is 0.875. The molecule has 2 aromatic rings. The predicted molar refractivity (Wildman–Crippen MR) is 64.9 cm³/mol. The molecule has 1 heterocycles. The van der Waals surface area contributed by atoms with Gasteiger partial charge in [-0.2, -0.15) is 0 Å². The van der Waals surface area contributed by atoms with Crippen LogP contribution in [-0.2, 0) is 7.05 Å². The highest BCUT2D eigenvalue weighted by Crippen LogP contribution is 2.23. The highest BCUT2D eigenvalue weighted by atomic mass is 16.5. The van der Waals surface area contributed by atoms with Crippen LogP contribution in [0.15, 0.2) is 36.7 Å². The molecule has 0 aliphatic heterocycles. The lowest BCUT2D eigenvalue weighted by Gasteiger charge is -2.12. The number of aromatic nitrogens is 2. The fraction of sp³-hybridized carbons (Fsp3) is 0.308. The van der Waals surface area contributed by atoms with E-state index < -0.39 is 6.10 Å². The summed E-state index contributed by atoms with van der Waals surface area (Å²) in [7, 11) is 1.86. The molecule has 0 fully saturated rings. The molecular weight excluding hydrogens is 216 g/mol. The van der Waals surface area contributed by atoms with Crippen LogP contribution in [0.25, 0.3) is 0 Å².